The van der Waals surface area contributed by atoms with Gasteiger partial charge in [-0.3, -0.25) is 4.79 Å². The second kappa shape index (κ2) is 34.5. The Morgan fingerprint density at radius 3 is 0.725 bits per heavy atom. The number of rotatable bonds is 32. The van der Waals surface area contributed by atoms with Crippen LogP contribution in [0, 0.1) is 0 Å². The molecule has 312 valence electrons. The molecule has 0 aromatic rings. The van der Waals surface area contributed by atoms with Gasteiger partial charge in [0.15, 0.2) is 0 Å². The van der Waals surface area contributed by atoms with Crippen LogP contribution in [0.1, 0.15) is 116 Å². The Hall–Kier alpha value is 1.29. The minimum Gasteiger partial charge on any atom is -0.748 e. The monoisotopic (exact) mass is 1030 g/mol. The molecule has 0 heterocycles. The number of carboxylic acid groups (broad SMARTS) is 1. The van der Waals surface area contributed by atoms with Crippen LogP contribution < -0.4 is 0 Å². The summed E-state index contributed by atoms with van der Waals surface area (Å²) in [4.78, 5) is 9.00. The van der Waals surface area contributed by atoms with E-state index in [2.05, 4.69) is 0 Å². The fourth-order valence-electron chi connectivity index (χ4n) is 5.06. The minimum absolute atomic E-state index is 0. The second-order valence-electron chi connectivity index (χ2n) is 12.3. The van der Waals surface area contributed by atoms with E-state index in [0.717, 1.165) is 102 Å². The summed E-state index contributed by atoms with van der Waals surface area (Å²) in [5.41, 5.74) is 0. The van der Waals surface area contributed by atoms with Crippen molar-refractivity contribution >= 4 is 62.3 Å². The van der Waals surface area contributed by atoms with Crippen molar-refractivity contribution in [1.29, 1.82) is 0 Å². The van der Waals surface area contributed by atoms with Gasteiger partial charge in [-0.05, 0) is 94.8 Å². The van der Waals surface area contributed by atoms with Gasteiger partial charge in [0.25, 0.3) is 5.97 Å². The molecule has 51 heavy (non-hydrogen) atoms. The molecule has 1 N–H and O–H groups in total. The van der Waals surface area contributed by atoms with E-state index in [-0.39, 0.29) is 79.7 Å². The molecule has 0 aromatic carbocycles. The SMILES string of the molecule is CC(=O)O.O=S(=O)([O-])CCCCCCP(CCCCCCS(=O)(=O)[O-])CCCP(CCCCCCS(=O)(=O)[O-])CCCCCCS(=O)(=O)[O-].[Pd+2].[Pd+2]. The summed E-state index contributed by atoms with van der Waals surface area (Å²) < 4.78 is 130. The number of aliphatic carboxylic acids is 1. The Kier molecular flexibility index (Phi) is 39.9. The van der Waals surface area contributed by atoms with Gasteiger partial charge < -0.3 is 23.3 Å². The van der Waals surface area contributed by atoms with E-state index >= 15 is 0 Å². The molecule has 0 saturated heterocycles. The van der Waals surface area contributed by atoms with Crippen LogP contribution in [0.2, 0.25) is 0 Å². The summed E-state index contributed by atoms with van der Waals surface area (Å²) in [5, 5.41) is 7.42. The van der Waals surface area contributed by atoms with E-state index in [9.17, 15) is 51.9 Å². The summed E-state index contributed by atoms with van der Waals surface area (Å²) >= 11 is 0. The van der Waals surface area contributed by atoms with Crippen LogP contribution in [0.3, 0.4) is 0 Å². The summed E-state index contributed by atoms with van der Waals surface area (Å²) in [7, 11) is -17.3. The van der Waals surface area contributed by atoms with Crippen LogP contribution in [-0.2, 0) is 86.1 Å². The molecule has 0 aliphatic carbocycles. The first kappa shape index (κ1) is 59.0. The standard InChI is InChI=1S/C27H58O12P2S4.C2H4O2.2Pd/c28-42(29,30)24-13-5-1-9-18-40(19-10-2-6-14-25-43(31,32)33)22-17-23-41(20-11-3-7-15-26-44(34,35)36)21-12-4-8-16-27-45(37,38)39;1-2(3)4;;/h1-27H2,(H,28,29,30)(H,31,32,33)(H,34,35,36)(H,37,38,39);1H3,(H,3,4);;/q;;2*+2/p-4. The van der Waals surface area contributed by atoms with Crippen molar-refractivity contribution in [3.63, 3.8) is 0 Å². The van der Waals surface area contributed by atoms with Crippen molar-refractivity contribution < 1.29 is 103 Å². The van der Waals surface area contributed by atoms with E-state index in [1.807, 2.05) is 0 Å². The molecule has 22 heteroatoms. The van der Waals surface area contributed by atoms with Crippen molar-refractivity contribution in [1.82, 2.24) is 0 Å². The third-order valence-electron chi connectivity index (χ3n) is 7.42. The van der Waals surface area contributed by atoms with Crippen molar-refractivity contribution in [3.05, 3.63) is 0 Å². The van der Waals surface area contributed by atoms with Crippen LogP contribution in [0.25, 0.3) is 0 Å². The van der Waals surface area contributed by atoms with Gasteiger partial charge in [-0.1, -0.05) is 51.4 Å². The average Bonchev–Trinajstić information content (AvgIpc) is 2.92. The number of carbonyl (C=O) groups is 1. The van der Waals surface area contributed by atoms with E-state index in [1.165, 1.54) is 0 Å². The molecule has 0 fully saturated rings. The predicted octanol–water partition coefficient (Wildman–Crippen LogP) is 4.85. The quantitative estimate of drug-likeness (QED) is 0.0409. The maximum atomic E-state index is 10.8. The number of hydrogen-bond acceptors (Lipinski definition) is 13. The van der Waals surface area contributed by atoms with Gasteiger partial charge in [-0.2, -0.15) is 0 Å². The molecule has 0 unspecified atom stereocenters. The summed E-state index contributed by atoms with van der Waals surface area (Å²) in [6.45, 7) is 1.08. The van der Waals surface area contributed by atoms with Gasteiger partial charge in [0, 0.05) is 29.9 Å². The van der Waals surface area contributed by atoms with E-state index in [4.69, 9.17) is 9.90 Å². The maximum absolute atomic E-state index is 10.8. The van der Waals surface area contributed by atoms with Crippen LogP contribution in [0.5, 0.6) is 0 Å². The van der Waals surface area contributed by atoms with E-state index in [1.54, 1.807) is 0 Å². The van der Waals surface area contributed by atoms with Crippen LogP contribution in [0.4, 0.5) is 0 Å². The largest absolute Gasteiger partial charge is 2.00 e. The number of carboxylic acids is 1. The minimum atomic E-state index is -4.19. The van der Waals surface area contributed by atoms with Crippen molar-refractivity contribution in [2.75, 3.05) is 60.0 Å². The molecule has 0 radical (unpaired) electrons. The summed E-state index contributed by atoms with van der Waals surface area (Å²) in [6.07, 6.45) is 19.1. The third-order valence-corrected chi connectivity index (χ3v) is 16.3. The first-order valence-electron chi connectivity index (χ1n) is 17.0. The molecular weight excluding hydrogens is 975 g/mol. The normalized spacial score (nSPS) is 12.2. The Morgan fingerprint density at radius 2 is 0.549 bits per heavy atom. The average molecular weight is 1030 g/mol. The number of unbranched alkanes of at least 4 members (excludes halogenated alkanes) is 12. The first-order valence-corrected chi connectivity index (χ1v) is 27.1. The zero-order chi connectivity index (χ0) is 37.8. The summed E-state index contributed by atoms with van der Waals surface area (Å²) in [6, 6.07) is 0. The zero-order valence-electron chi connectivity index (χ0n) is 29.5. The molecule has 0 aliphatic rings. The predicted molar refractivity (Wildman–Crippen MR) is 193 cm³/mol. The fraction of sp³-hybridized carbons (Fsp3) is 0.966. The van der Waals surface area contributed by atoms with Gasteiger partial charge in [-0.25, -0.2) is 33.7 Å². The molecule has 0 rings (SSSR count). The second-order valence-corrected chi connectivity index (χ2v) is 23.7. The van der Waals surface area contributed by atoms with Crippen molar-refractivity contribution in [2.24, 2.45) is 0 Å². The van der Waals surface area contributed by atoms with Gasteiger partial charge in [0.1, 0.15) is 0 Å². The molecule has 0 atom stereocenters. The Bertz CT molecular complexity index is 1100. The Morgan fingerprint density at radius 1 is 0.392 bits per heavy atom. The van der Waals surface area contributed by atoms with Crippen molar-refractivity contribution in [2.45, 2.75) is 116 Å². The van der Waals surface area contributed by atoms with E-state index in [0.29, 0.717) is 51.4 Å². The number of hydrogen-bond donors (Lipinski definition) is 1. The van der Waals surface area contributed by atoms with Gasteiger partial charge in [-0.15, -0.1) is 15.8 Å². The Balaban J connectivity index is -0.00000174. The molecule has 0 aliphatic heterocycles. The third kappa shape index (κ3) is 55.7. The maximum Gasteiger partial charge on any atom is 2.00 e. The van der Waals surface area contributed by atoms with Gasteiger partial charge in [0.05, 0.1) is 40.5 Å². The Labute approximate surface area is 338 Å². The van der Waals surface area contributed by atoms with Gasteiger partial charge >= 0.3 is 40.8 Å². The van der Waals surface area contributed by atoms with Crippen LogP contribution in [-0.4, -0.2) is 123 Å². The molecule has 14 nitrogen and oxygen atoms in total. The van der Waals surface area contributed by atoms with E-state index < -0.39 is 46.4 Å². The molecule has 0 bridgehead atoms. The molecule has 0 saturated carbocycles. The first-order chi connectivity index (χ1) is 22.6. The molecule has 0 amide bonds. The topological polar surface area (TPSA) is 266 Å². The van der Waals surface area contributed by atoms with Crippen LogP contribution in [0.15, 0.2) is 0 Å². The fourth-order valence-corrected chi connectivity index (χ4v) is 12.8. The van der Waals surface area contributed by atoms with Crippen LogP contribution >= 0.6 is 15.8 Å². The molecular formula is C29H58O14P2Pd2S4. The van der Waals surface area contributed by atoms with Gasteiger partial charge in [0.2, 0.25) is 0 Å². The summed E-state index contributed by atoms with van der Waals surface area (Å²) in [5.74, 6) is -2.17. The smallest absolute Gasteiger partial charge is 0.748 e. The molecule has 0 aromatic heterocycles. The zero-order valence-corrected chi connectivity index (χ0v) is 37.7. The molecule has 0 spiro atoms. The van der Waals surface area contributed by atoms with Crippen molar-refractivity contribution in [3.8, 4) is 0 Å².